The lowest BCUT2D eigenvalue weighted by atomic mass is 9.94. The predicted octanol–water partition coefficient (Wildman–Crippen LogP) is 8.97. The van der Waals surface area contributed by atoms with Gasteiger partial charge in [0.05, 0.1) is 16.8 Å². The molecule has 9 nitrogen and oxygen atoms in total. The third-order valence-corrected chi connectivity index (χ3v) is 15.3. The Morgan fingerprint density at radius 2 is 1.74 bits per heavy atom. The third kappa shape index (κ3) is 7.45. The minimum atomic E-state index is -1.82. The molecule has 1 amide bonds. The summed E-state index contributed by atoms with van der Waals surface area (Å²) in [5.41, 5.74) is 5.51. The lowest BCUT2D eigenvalue weighted by Gasteiger charge is -2.36. The second kappa shape index (κ2) is 14.3. The van der Waals surface area contributed by atoms with Gasteiger partial charge in [0.15, 0.2) is 19.1 Å². The van der Waals surface area contributed by atoms with E-state index in [1.807, 2.05) is 84.6 Å². The number of rotatable bonds is 11. The van der Waals surface area contributed by atoms with Crippen molar-refractivity contribution in [3.63, 3.8) is 0 Å². The standard InChI is InChI=1S/C39H44N4O5SSi/c1-25-27(13-10-16-32(25)47-22-11-23-48-50(5,6)39(2,3)4)28-18-19-34(41-35(28)37(45)46)43-21-20-26-12-9-14-29(30(26)24-43)36(44)42-38-40-31-15-7-8-17-33(31)49-38/h7-10,12-19H,11,20-24H2,1-6H3,(H,45,46)(H,40,42,44). The molecule has 0 saturated carbocycles. The summed E-state index contributed by atoms with van der Waals surface area (Å²) in [5, 5.41) is 14.0. The van der Waals surface area contributed by atoms with Crippen LogP contribution in [-0.2, 0) is 17.4 Å². The fourth-order valence-corrected chi connectivity index (χ4v) is 7.88. The number of pyridine rings is 1. The van der Waals surface area contributed by atoms with Gasteiger partial charge in [-0.2, -0.15) is 0 Å². The van der Waals surface area contributed by atoms with Crippen molar-refractivity contribution in [2.24, 2.45) is 0 Å². The Hall–Kier alpha value is -4.58. The van der Waals surface area contributed by atoms with Gasteiger partial charge >= 0.3 is 5.97 Å². The second-order valence-corrected chi connectivity index (χ2v) is 20.0. The number of hydrogen-bond acceptors (Lipinski definition) is 8. The van der Waals surface area contributed by atoms with Crippen LogP contribution in [0.4, 0.5) is 10.9 Å². The van der Waals surface area contributed by atoms with Crippen molar-refractivity contribution in [2.45, 2.75) is 65.2 Å². The quantitative estimate of drug-likeness (QED) is 0.103. The summed E-state index contributed by atoms with van der Waals surface area (Å²) < 4.78 is 13.5. The van der Waals surface area contributed by atoms with Crippen LogP contribution in [-0.4, -0.2) is 55.0 Å². The molecule has 0 aliphatic carbocycles. The van der Waals surface area contributed by atoms with Crippen molar-refractivity contribution < 1.29 is 23.9 Å². The van der Waals surface area contributed by atoms with Crippen LogP contribution in [0.2, 0.25) is 18.1 Å². The van der Waals surface area contributed by atoms with Gasteiger partial charge in [-0.15, -0.1) is 0 Å². The molecule has 1 aliphatic rings. The van der Waals surface area contributed by atoms with E-state index < -0.39 is 14.3 Å². The summed E-state index contributed by atoms with van der Waals surface area (Å²) in [6, 6.07) is 22.9. The van der Waals surface area contributed by atoms with E-state index in [1.165, 1.54) is 11.3 Å². The van der Waals surface area contributed by atoms with Gasteiger partial charge in [0.25, 0.3) is 5.91 Å². The monoisotopic (exact) mass is 708 g/mol. The number of thiazole rings is 1. The van der Waals surface area contributed by atoms with Crippen molar-refractivity contribution in [3.8, 4) is 16.9 Å². The van der Waals surface area contributed by atoms with Crippen molar-refractivity contribution in [3.05, 3.63) is 101 Å². The summed E-state index contributed by atoms with van der Waals surface area (Å²) in [4.78, 5) is 37.4. The molecular weight excluding hydrogens is 665 g/mol. The molecule has 2 N–H and O–H groups in total. The lowest BCUT2D eigenvalue weighted by Crippen LogP contribution is -2.41. The first kappa shape index (κ1) is 35.3. The van der Waals surface area contributed by atoms with Crippen LogP contribution >= 0.6 is 11.3 Å². The first-order valence-electron chi connectivity index (χ1n) is 17.0. The average molecular weight is 709 g/mol. The number of carbonyl (C=O) groups is 2. The highest BCUT2D eigenvalue weighted by atomic mass is 32.1. The predicted molar refractivity (Wildman–Crippen MR) is 203 cm³/mol. The van der Waals surface area contributed by atoms with Gasteiger partial charge in [-0.25, -0.2) is 14.8 Å². The molecule has 1 aliphatic heterocycles. The number of anilines is 2. The summed E-state index contributed by atoms with van der Waals surface area (Å²) in [7, 11) is -1.82. The molecule has 0 saturated heterocycles. The first-order chi connectivity index (χ1) is 23.8. The number of carboxylic acids is 1. The van der Waals surface area contributed by atoms with E-state index in [4.69, 9.17) is 9.16 Å². The van der Waals surface area contributed by atoms with Crippen molar-refractivity contribution >= 4 is 52.7 Å². The fourth-order valence-electron chi connectivity index (χ4n) is 5.93. The van der Waals surface area contributed by atoms with Crippen LogP contribution < -0.4 is 15.0 Å². The highest BCUT2D eigenvalue weighted by molar-refractivity contribution is 7.22. The second-order valence-electron chi connectivity index (χ2n) is 14.2. The number of benzene rings is 3. The molecule has 0 fully saturated rings. The zero-order valence-electron chi connectivity index (χ0n) is 29.5. The minimum Gasteiger partial charge on any atom is -0.493 e. The van der Waals surface area contributed by atoms with Gasteiger partial charge in [0.1, 0.15) is 11.6 Å². The zero-order valence-corrected chi connectivity index (χ0v) is 31.3. The van der Waals surface area contributed by atoms with Crippen LogP contribution in [0.15, 0.2) is 72.8 Å². The number of fused-ring (bicyclic) bond motifs is 2. The first-order valence-corrected chi connectivity index (χ1v) is 20.7. The molecule has 2 aromatic heterocycles. The molecule has 3 aromatic carbocycles. The molecule has 6 rings (SSSR count). The lowest BCUT2D eigenvalue weighted by molar-refractivity contribution is 0.0691. The largest absolute Gasteiger partial charge is 0.493 e. The molecule has 260 valence electrons. The normalized spacial score (nSPS) is 13.3. The van der Waals surface area contributed by atoms with Crippen LogP contribution in [0.25, 0.3) is 21.3 Å². The van der Waals surface area contributed by atoms with Gasteiger partial charge in [0.2, 0.25) is 0 Å². The summed E-state index contributed by atoms with van der Waals surface area (Å²) >= 11 is 1.44. The molecule has 0 unspecified atom stereocenters. The van der Waals surface area contributed by atoms with E-state index in [0.717, 1.165) is 38.9 Å². The Labute approximate surface area is 298 Å². The summed E-state index contributed by atoms with van der Waals surface area (Å²) in [5.74, 6) is -0.0776. The number of ether oxygens (including phenoxy) is 1. The number of carbonyl (C=O) groups excluding carboxylic acids is 1. The van der Waals surface area contributed by atoms with Crippen molar-refractivity contribution in [1.29, 1.82) is 0 Å². The van der Waals surface area contributed by atoms with Crippen LogP contribution in [0.5, 0.6) is 5.75 Å². The van der Waals surface area contributed by atoms with E-state index >= 15 is 0 Å². The number of hydrogen-bond donors (Lipinski definition) is 2. The maximum atomic E-state index is 13.5. The van der Waals surface area contributed by atoms with Crippen molar-refractivity contribution in [2.75, 3.05) is 30.0 Å². The van der Waals surface area contributed by atoms with Crippen LogP contribution in [0.1, 0.15) is 64.7 Å². The van der Waals surface area contributed by atoms with E-state index in [0.29, 0.717) is 60.5 Å². The highest BCUT2D eigenvalue weighted by Crippen LogP contribution is 2.37. The molecular formula is C39H44N4O5SSi. The Morgan fingerprint density at radius 3 is 2.50 bits per heavy atom. The number of nitrogens with zero attached hydrogens (tertiary/aromatic N) is 3. The zero-order chi connectivity index (χ0) is 35.6. The van der Waals surface area contributed by atoms with E-state index in [1.54, 1.807) is 0 Å². The average Bonchev–Trinajstić information content (AvgIpc) is 3.50. The van der Waals surface area contributed by atoms with Crippen LogP contribution in [0, 0.1) is 6.92 Å². The molecule has 0 spiro atoms. The number of aromatic carboxylic acids is 1. The molecule has 0 radical (unpaired) electrons. The van der Waals surface area contributed by atoms with Crippen molar-refractivity contribution in [1.82, 2.24) is 9.97 Å². The summed E-state index contributed by atoms with van der Waals surface area (Å²) in [6.45, 7) is 15.3. The number of nitrogens with one attached hydrogen (secondary N) is 1. The van der Waals surface area contributed by atoms with Gasteiger partial charge in [-0.3, -0.25) is 10.1 Å². The molecule has 0 bridgehead atoms. The Kier molecular flexibility index (Phi) is 10.1. The molecule has 5 aromatic rings. The van der Waals surface area contributed by atoms with E-state index in [2.05, 4.69) is 49.1 Å². The molecule has 3 heterocycles. The summed E-state index contributed by atoms with van der Waals surface area (Å²) in [6.07, 6.45) is 1.46. The number of amides is 1. The smallest absolute Gasteiger partial charge is 0.355 e. The maximum Gasteiger partial charge on any atom is 0.355 e. The van der Waals surface area contributed by atoms with Crippen LogP contribution in [0.3, 0.4) is 0 Å². The van der Waals surface area contributed by atoms with Gasteiger partial charge in [0, 0.05) is 37.2 Å². The topological polar surface area (TPSA) is 114 Å². The van der Waals surface area contributed by atoms with E-state index in [-0.39, 0.29) is 16.6 Å². The molecule has 11 heteroatoms. The number of aromatic nitrogens is 2. The Bertz CT molecular complexity index is 2020. The van der Waals surface area contributed by atoms with Gasteiger partial charge in [-0.1, -0.05) is 68.5 Å². The molecule has 50 heavy (non-hydrogen) atoms. The Morgan fingerprint density at radius 1 is 0.960 bits per heavy atom. The fraction of sp³-hybridized carbons (Fsp3) is 0.333. The third-order valence-electron chi connectivity index (χ3n) is 9.83. The van der Waals surface area contributed by atoms with Gasteiger partial charge in [-0.05, 0) is 90.1 Å². The van der Waals surface area contributed by atoms with E-state index in [9.17, 15) is 14.7 Å². The number of carboxylic acid groups (broad SMARTS) is 1. The highest BCUT2D eigenvalue weighted by Gasteiger charge is 2.36. The van der Waals surface area contributed by atoms with Gasteiger partial charge < -0.3 is 19.2 Å². The molecule has 0 atom stereocenters. The Balaban J connectivity index is 1.18. The number of para-hydroxylation sites is 1. The minimum absolute atomic E-state index is 0.0295. The SMILES string of the molecule is Cc1c(OCCCO[Si](C)(C)C(C)(C)C)cccc1-c1ccc(N2CCc3cccc(C(=O)Nc4nc5ccccc5s4)c3C2)nc1C(=O)O. The maximum absolute atomic E-state index is 13.5.